The maximum Gasteiger partial charge on any atom is 0.147 e. The first-order chi connectivity index (χ1) is 7.25. The van der Waals surface area contributed by atoms with Crippen molar-refractivity contribution in [3.8, 4) is 0 Å². The van der Waals surface area contributed by atoms with Crippen LogP contribution < -0.4 is 5.73 Å². The molecule has 0 fully saturated rings. The van der Waals surface area contributed by atoms with Crippen molar-refractivity contribution in [1.29, 1.82) is 0 Å². The molecule has 1 aliphatic rings. The van der Waals surface area contributed by atoms with Gasteiger partial charge in [-0.2, -0.15) is 0 Å². The molecule has 0 unspecified atom stereocenters. The fraction of sp³-hybridized carbons (Fsp3) is 0.333. The van der Waals surface area contributed by atoms with Crippen LogP contribution in [0.1, 0.15) is 17.7 Å². The molecule has 2 nitrogen and oxygen atoms in total. The maximum atomic E-state index is 13.5. The number of hydrogen-bond donors (Lipinski definition) is 2. The van der Waals surface area contributed by atoms with E-state index in [4.69, 9.17) is 5.73 Å². The SMILES string of the molecule is N[C@@H]1CCc2[nH]c3c(F)cccc3c2C1. The molecular weight excluding hydrogens is 191 g/mol. The Labute approximate surface area is 87.3 Å². The Bertz CT molecular complexity index is 516. The van der Waals surface area contributed by atoms with Crippen LogP contribution in [-0.4, -0.2) is 11.0 Å². The van der Waals surface area contributed by atoms with E-state index in [1.54, 1.807) is 6.07 Å². The number of nitrogens with two attached hydrogens (primary N) is 1. The average Bonchev–Trinajstić information content (AvgIpc) is 2.58. The minimum Gasteiger partial charge on any atom is -0.356 e. The van der Waals surface area contributed by atoms with E-state index in [0.29, 0.717) is 5.52 Å². The molecule has 0 radical (unpaired) electrons. The predicted molar refractivity (Wildman–Crippen MR) is 58.3 cm³/mol. The number of para-hydroxylation sites is 1. The van der Waals surface area contributed by atoms with Gasteiger partial charge in [-0.25, -0.2) is 4.39 Å². The van der Waals surface area contributed by atoms with Crippen molar-refractivity contribution in [2.75, 3.05) is 0 Å². The summed E-state index contributed by atoms with van der Waals surface area (Å²) in [6.45, 7) is 0. The van der Waals surface area contributed by atoms with Gasteiger partial charge in [0.2, 0.25) is 0 Å². The number of nitrogens with one attached hydrogen (secondary N) is 1. The second-order valence-corrected chi connectivity index (χ2v) is 4.25. The van der Waals surface area contributed by atoms with Gasteiger partial charge < -0.3 is 10.7 Å². The Kier molecular flexibility index (Phi) is 1.83. The summed E-state index contributed by atoms with van der Waals surface area (Å²) in [5.41, 5.74) is 8.94. The molecule has 2 aromatic rings. The lowest BCUT2D eigenvalue weighted by molar-refractivity contribution is 0.574. The first-order valence-corrected chi connectivity index (χ1v) is 5.29. The van der Waals surface area contributed by atoms with Gasteiger partial charge in [-0.15, -0.1) is 0 Å². The van der Waals surface area contributed by atoms with Crippen LogP contribution in [-0.2, 0) is 12.8 Å². The van der Waals surface area contributed by atoms with Crippen LogP contribution in [0.3, 0.4) is 0 Å². The van der Waals surface area contributed by atoms with Gasteiger partial charge in [-0.05, 0) is 30.9 Å². The van der Waals surface area contributed by atoms with Crippen molar-refractivity contribution in [2.45, 2.75) is 25.3 Å². The number of rotatable bonds is 0. The summed E-state index contributed by atoms with van der Waals surface area (Å²) >= 11 is 0. The van der Waals surface area contributed by atoms with E-state index in [1.165, 1.54) is 11.6 Å². The molecule has 1 aromatic carbocycles. The number of aryl methyl sites for hydroxylation is 1. The highest BCUT2D eigenvalue weighted by atomic mass is 19.1. The first kappa shape index (κ1) is 8.92. The molecule has 3 N–H and O–H groups in total. The molecule has 15 heavy (non-hydrogen) atoms. The van der Waals surface area contributed by atoms with E-state index in [1.807, 2.05) is 6.07 Å². The molecule has 3 rings (SSSR count). The molecule has 78 valence electrons. The highest BCUT2D eigenvalue weighted by molar-refractivity contribution is 5.85. The minimum absolute atomic E-state index is 0.171. The third-order valence-corrected chi connectivity index (χ3v) is 3.21. The Morgan fingerprint density at radius 2 is 2.27 bits per heavy atom. The van der Waals surface area contributed by atoms with Gasteiger partial charge in [-0.1, -0.05) is 12.1 Å². The highest BCUT2D eigenvalue weighted by Gasteiger charge is 2.20. The summed E-state index contributed by atoms with van der Waals surface area (Å²) in [6.07, 6.45) is 2.78. The zero-order chi connectivity index (χ0) is 10.4. The summed E-state index contributed by atoms with van der Waals surface area (Å²) in [5, 5.41) is 1.00. The van der Waals surface area contributed by atoms with E-state index in [9.17, 15) is 4.39 Å². The van der Waals surface area contributed by atoms with Crippen LogP contribution in [0.4, 0.5) is 4.39 Å². The van der Waals surface area contributed by atoms with Crippen LogP contribution in [0.2, 0.25) is 0 Å². The highest BCUT2D eigenvalue weighted by Crippen LogP contribution is 2.29. The zero-order valence-corrected chi connectivity index (χ0v) is 8.39. The lowest BCUT2D eigenvalue weighted by Gasteiger charge is -2.17. The molecule has 1 heterocycles. The molecule has 0 bridgehead atoms. The number of aromatic amines is 1. The summed E-state index contributed by atoms with van der Waals surface area (Å²) in [6, 6.07) is 5.43. The lowest BCUT2D eigenvalue weighted by Crippen LogP contribution is -2.27. The standard InChI is InChI=1S/C12H13FN2/c13-10-3-1-2-8-9-6-7(14)4-5-11(9)15-12(8)10/h1-3,7,15H,4-6,14H2/t7-/m1/s1. The molecular formula is C12H13FN2. The van der Waals surface area contributed by atoms with Gasteiger partial charge in [0.25, 0.3) is 0 Å². The molecule has 0 spiro atoms. The average molecular weight is 204 g/mol. The number of fused-ring (bicyclic) bond motifs is 3. The summed E-state index contributed by atoms with van der Waals surface area (Å²) in [5.74, 6) is -0.171. The smallest absolute Gasteiger partial charge is 0.147 e. The molecule has 1 atom stereocenters. The lowest BCUT2D eigenvalue weighted by atomic mass is 9.92. The molecule has 0 saturated carbocycles. The summed E-state index contributed by atoms with van der Waals surface area (Å²) in [4.78, 5) is 3.17. The largest absolute Gasteiger partial charge is 0.356 e. The van der Waals surface area contributed by atoms with Gasteiger partial charge >= 0.3 is 0 Å². The predicted octanol–water partition coefficient (Wildman–Crippen LogP) is 2.12. The van der Waals surface area contributed by atoms with Crippen molar-refractivity contribution in [2.24, 2.45) is 5.73 Å². The van der Waals surface area contributed by atoms with Crippen LogP contribution in [0.5, 0.6) is 0 Å². The van der Waals surface area contributed by atoms with Crippen molar-refractivity contribution >= 4 is 10.9 Å². The monoisotopic (exact) mass is 204 g/mol. The first-order valence-electron chi connectivity index (χ1n) is 5.29. The number of H-pyrrole nitrogens is 1. The Morgan fingerprint density at radius 3 is 3.13 bits per heavy atom. The normalized spacial score (nSPS) is 20.5. The maximum absolute atomic E-state index is 13.5. The molecule has 1 aromatic heterocycles. The molecule has 0 saturated heterocycles. The van der Waals surface area contributed by atoms with Crippen LogP contribution in [0.15, 0.2) is 18.2 Å². The Balaban J connectivity index is 2.29. The molecule has 3 heteroatoms. The van der Waals surface area contributed by atoms with Crippen molar-refractivity contribution in [1.82, 2.24) is 4.98 Å². The van der Waals surface area contributed by atoms with Gasteiger partial charge in [0, 0.05) is 17.1 Å². The van der Waals surface area contributed by atoms with Crippen molar-refractivity contribution in [3.05, 3.63) is 35.3 Å². The number of halogens is 1. The van der Waals surface area contributed by atoms with Crippen LogP contribution in [0.25, 0.3) is 10.9 Å². The van der Waals surface area contributed by atoms with E-state index in [0.717, 1.165) is 30.3 Å². The van der Waals surface area contributed by atoms with Gasteiger partial charge in [0.1, 0.15) is 5.82 Å². The summed E-state index contributed by atoms with van der Waals surface area (Å²) < 4.78 is 13.5. The molecule has 0 aliphatic heterocycles. The second kappa shape index (κ2) is 3.07. The zero-order valence-electron chi connectivity index (χ0n) is 8.39. The van der Waals surface area contributed by atoms with Crippen LogP contribution in [0, 0.1) is 5.82 Å². The van der Waals surface area contributed by atoms with Crippen LogP contribution >= 0.6 is 0 Å². The number of benzene rings is 1. The third-order valence-electron chi connectivity index (χ3n) is 3.21. The third kappa shape index (κ3) is 1.27. The van der Waals surface area contributed by atoms with E-state index < -0.39 is 0 Å². The fourth-order valence-electron chi connectivity index (χ4n) is 2.43. The number of hydrogen-bond acceptors (Lipinski definition) is 1. The van der Waals surface area contributed by atoms with E-state index >= 15 is 0 Å². The number of aromatic nitrogens is 1. The minimum atomic E-state index is -0.171. The topological polar surface area (TPSA) is 41.8 Å². The van der Waals surface area contributed by atoms with Gasteiger partial charge in [-0.3, -0.25) is 0 Å². The quantitative estimate of drug-likeness (QED) is 0.678. The van der Waals surface area contributed by atoms with Crippen molar-refractivity contribution in [3.63, 3.8) is 0 Å². The van der Waals surface area contributed by atoms with E-state index in [-0.39, 0.29) is 11.9 Å². The van der Waals surface area contributed by atoms with E-state index in [2.05, 4.69) is 4.98 Å². The summed E-state index contributed by atoms with van der Waals surface area (Å²) in [7, 11) is 0. The molecule has 1 aliphatic carbocycles. The van der Waals surface area contributed by atoms with Gasteiger partial charge in [0.15, 0.2) is 0 Å². The second-order valence-electron chi connectivity index (χ2n) is 4.25. The van der Waals surface area contributed by atoms with Gasteiger partial charge in [0.05, 0.1) is 5.52 Å². The Hall–Kier alpha value is -1.35. The fourth-order valence-corrected chi connectivity index (χ4v) is 2.43. The molecule has 0 amide bonds. The van der Waals surface area contributed by atoms with Crippen molar-refractivity contribution < 1.29 is 4.39 Å². The Morgan fingerprint density at radius 1 is 1.40 bits per heavy atom.